The molecule has 78 heavy (non-hydrogen) atoms. The lowest BCUT2D eigenvalue weighted by atomic mass is 9.77. The van der Waals surface area contributed by atoms with E-state index in [2.05, 4.69) is 56.6 Å². The van der Waals surface area contributed by atoms with Gasteiger partial charge >= 0.3 is 5.97 Å². The quantitative estimate of drug-likeness (QED) is 0.0261. The maximum atomic E-state index is 15.3. The Kier molecular flexibility index (Phi) is 15.1. The Hall–Kier alpha value is -8.70. The summed E-state index contributed by atoms with van der Waals surface area (Å²) in [5.41, 5.74) is 3.08. The minimum Gasteiger partial charge on any atom is -0.497 e. The minimum atomic E-state index is -1.36. The number of carbonyl (C=O) groups excluding carboxylic acids is 3. The molecule has 388 valence electrons. The zero-order valence-corrected chi connectivity index (χ0v) is 44.6. The molecule has 16 heteroatoms. The standard InChI is InChI=1S/C62H51N7O6S3/c1-73-51-34-32-43(33-35-51)38-74-58(72)60(37-36-50-39-78-68-66-50)41-69-56(71)54(57(69)77-42-60)64-55(70)53(67-75-62(47-26-14-5-15-27-47,48-28-16-6-17-29-48)49-30-18-7-19-31-49)52-40-76-59(63-52)65-61(44-20-8-2-9-21-44,45-22-10-3-11-23-45)46-24-12-4-13-25-46/h2-37,39-40,54,57H,38,41-42H2,1H3,(H,63,65)(H,64,70)/t54?,57-,60?/m1/s1. The third kappa shape index (κ3) is 10.2. The topological polar surface area (TPSA) is 157 Å². The first kappa shape index (κ1) is 51.4. The average molecular weight is 1090 g/mol. The fraction of sp³-hybridized carbons (Fsp3) is 0.145. The molecule has 2 fully saturated rings. The van der Waals surface area contributed by atoms with E-state index in [1.807, 2.05) is 158 Å². The third-order valence-electron chi connectivity index (χ3n) is 14.0. The number of anilines is 1. The Bertz CT molecular complexity index is 3350. The fourth-order valence-electron chi connectivity index (χ4n) is 9.98. The molecule has 2 saturated heterocycles. The summed E-state index contributed by atoms with van der Waals surface area (Å²) in [6.45, 7) is 0.0254. The van der Waals surface area contributed by atoms with E-state index in [0.29, 0.717) is 16.6 Å². The number of nitrogens with zero attached hydrogens (tertiary/aromatic N) is 5. The summed E-state index contributed by atoms with van der Waals surface area (Å²) in [5.74, 6) is -0.629. The summed E-state index contributed by atoms with van der Waals surface area (Å²) >= 11 is 3.89. The first-order chi connectivity index (χ1) is 38.3. The van der Waals surface area contributed by atoms with Crippen LogP contribution in [0.5, 0.6) is 5.75 Å². The fourth-order valence-corrected chi connectivity index (χ4v) is 12.7. The van der Waals surface area contributed by atoms with E-state index in [-0.39, 0.29) is 36.2 Å². The van der Waals surface area contributed by atoms with Gasteiger partial charge in [0.15, 0.2) is 10.8 Å². The molecule has 3 atom stereocenters. The highest BCUT2D eigenvalue weighted by Crippen LogP contribution is 2.46. The highest BCUT2D eigenvalue weighted by Gasteiger charge is 2.57. The largest absolute Gasteiger partial charge is 0.497 e. The van der Waals surface area contributed by atoms with Crippen LogP contribution in [0, 0.1) is 5.41 Å². The Balaban J connectivity index is 0.951. The van der Waals surface area contributed by atoms with Crippen LogP contribution in [0.15, 0.2) is 228 Å². The van der Waals surface area contributed by atoms with Crippen molar-refractivity contribution in [1.82, 2.24) is 24.8 Å². The number of ether oxygens (including phenoxy) is 2. The van der Waals surface area contributed by atoms with Crippen LogP contribution in [0.25, 0.3) is 6.08 Å². The van der Waals surface area contributed by atoms with Gasteiger partial charge in [-0.3, -0.25) is 14.4 Å². The molecule has 9 aromatic rings. The van der Waals surface area contributed by atoms with Crippen molar-refractivity contribution in [3.63, 3.8) is 0 Å². The van der Waals surface area contributed by atoms with E-state index >= 15 is 4.79 Å². The maximum absolute atomic E-state index is 15.3. The molecule has 2 aromatic heterocycles. The van der Waals surface area contributed by atoms with E-state index < -0.39 is 39.8 Å². The second-order valence-electron chi connectivity index (χ2n) is 18.7. The molecule has 0 radical (unpaired) electrons. The monoisotopic (exact) mass is 1090 g/mol. The molecule has 2 amide bonds. The molecule has 0 aliphatic carbocycles. The van der Waals surface area contributed by atoms with Crippen LogP contribution in [0.1, 0.15) is 50.3 Å². The smallest absolute Gasteiger partial charge is 0.318 e. The number of benzene rings is 7. The number of hydrogen-bond acceptors (Lipinski definition) is 14. The highest BCUT2D eigenvalue weighted by molar-refractivity contribution is 8.00. The predicted octanol–water partition coefficient (Wildman–Crippen LogP) is 11.0. The summed E-state index contributed by atoms with van der Waals surface area (Å²) in [5, 5.41) is 19.4. The van der Waals surface area contributed by atoms with Crippen molar-refractivity contribution in [2.24, 2.45) is 10.6 Å². The number of thioether (sulfide) groups is 1. The van der Waals surface area contributed by atoms with Gasteiger partial charge in [-0.2, -0.15) is 0 Å². The molecular weight excluding hydrogens is 1030 g/mol. The molecule has 2 unspecified atom stereocenters. The Morgan fingerprint density at radius 2 is 1.24 bits per heavy atom. The molecule has 0 spiro atoms. The number of fused-ring (bicyclic) bond motifs is 1. The maximum Gasteiger partial charge on any atom is 0.318 e. The van der Waals surface area contributed by atoms with E-state index in [0.717, 1.165) is 38.9 Å². The molecule has 4 heterocycles. The molecular formula is C62H51N7O6S3. The van der Waals surface area contributed by atoms with Crippen molar-refractivity contribution in [2.75, 3.05) is 24.7 Å². The number of oxime groups is 1. The lowest BCUT2D eigenvalue weighted by Crippen LogP contribution is -2.73. The number of thiazole rings is 1. The molecule has 0 bridgehead atoms. The van der Waals surface area contributed by atoms with Crippen molar-refractivity contribution in [1.29, 1.82) is 0 Å². The molecule has 11 rings (SSSR count). The zero-order valence-electron chi connectivity index (χ0n) is 42.1. The summed E-state index contributed by atoms with van der Waals surface area (Å²) < 4.78 is 15.2. The first-order valence-corrected chi connectivity index (χ1v) is 27.9. The Morgan fingerprint density at radius 1 is 0.718 bits per heavy atom. The van der Waals surface area contributed by atoms with Gasteiger partial charge in [0, 0.05) is 39.7 Å². The van der Waals surface area contributed by atoms with E-state index in [9.17, 15) is 9.59 Å². The van der Waals surface area contributed by atoms with Gasteiger partial charge in [-0.15, -0.1) is 28.2 Å². The zero-order chi connectivity index (χ0) is 53.4. The average Bonchev–Trinajstić information content (AvgIpc) is 4.25. The van der Waals surface area contributed by atoms with Gasteiger partial charge in [0.05, 0.1) is 12.8 Å². The summed E-state index contributed by atoms with van der Waals surface area (Å²) in [6, 6.07) is 66.0. The van der Waals surface area contributed by atoms with Gasteiger partial charge in [-0.25, -0.2) is 4.98 Å². The lowest BCUT2D eigenvalue weighted by molar-refractivity contribution is -0.160. The van der Waals surface area contributed by atoms with Crippen LogP contribution < -0.4 is 15.4 Å². The number of amides is 2. The molecule has 13 nitrogen and oxygen atoms in total. The van der Waals surface area contributed by atoms with Crippen LogP contribution in [0.2, 0.25) is 0 Å². The van der Waals surface area contributed by atoms with Crippen LogP contribution in [0.3, 0.4) is 0 Å². The third-order valence-corrected chi connectivity index (χ3v) is 16.8. The summed E-state index contributed by atoms with van der Waals surface area (Å²) in [7, 11) is 1.59. The first-order valence-electron chi connectivity index (χ1n) is 25.1. The van der Waals surface area contributed by atoms with Crippen LogP contribution in [-0.4, -0.2) is 73.8 Å². The van der Waals surface area contributed by atoms with Gasteiger partial charge < -0.3 is 29.8 Å². The van der Waals surface area contributed by atoms with Gasteiger partial charge in [-0.1, -0.05) is 210 Å². The normalized spacial score (nSPS) is 17.4. The van der Waals surface area contributed by atoms with Crippen molar-refractivity contribution in [3.8, 4) is 5.75 Å². The second kappa shape index (κ2) is 22.9. The van der Waals surface area contributed by atoms with Crippen molar-refractivity contribution < 1.29 is 28.7 Å². The van der Waals surface area contributed by atoms with Crippen LogP contribution in [0.4, 0.5) is 5.13 Å². The van der Waals surface area contributed by atoms with Gasteiger partial charge in [0.2, 0.25) is 11.5 Å². The summed E-state index contributed by atoms with van der Waals surface area (Å²) in [6.07, 6.45) is 3.48. The van der Waals surface area contributed by atoms with Gasteiger partial charge in [-0.05, 0) is 52.0 Å². The van der Waals surface area contributed by atoms with Crippen LogP contribution in [-0.2, 0) is 41.7 Å². The Morgan fingerprint density at radius 3 is 1.74 bits per heavy atom. The molecule has 0 saturated carbocycles. The van der Waals surface area contributed by atoms with Crippen molar-refractivity contribution in [2.45, 2.75) is 29.2 Å². The van der Waals surface area contributed by atoms with Crippen molar-refractivity contribution >= 4 is 69.3 Å². The molecule has 7 aromatic carbocycles. The van der Waals surface area contributed by atoms with E-state index in [4.69, 9.17) is 24.5 Å². The molecule has 2 aliphatic rings. The highest BCUT2D eigenvalue weighted by atomic mass is 32.2. The molecule has 2 aliphatic heterocycles. The summed E-state index contributed by atoms with van der Waals surface area (Å²) in [4.78, 5) is 57.8. The number of aromatic nitrogens is 3. The van der Waals surface area contributed by atoms with Gasteiger partial charge in [0.1, 0.15) is 40.4 Å². The number of rotatable bonds is 19. The number of methoxy groups -OCH3 is 1. The number of esters is 1. The second-order valence-corrected chi connectivity index (χ2v) is 21.3. The lowest BCUT2D eigenvalue weighted by Gasteiger charge is -2.53. The molecule has 2 N–H and O–H groups in total. The predicted molar refractivity (Wildman–Crippen MR) is 306 cm³/mol. The number of carbonyl (C=O) groups is 3. The van der Waals surface area contributed by atoms with Crippen LogP contribution >= 0.6 is 34.6 Å². The number of nitrogens with one attached hydrogen (secondary N) is 2. The number of hydrogen-bond donors (Lipinski definition) is 2. The van der Waals surface area contributed by atoms with Gasteiger partial charge in [0.25, 0.3) is 5.91 Å². The SMILES string of the molecule is COc1ccc(COC(=O)C2(C=Cc3csnn3)CS[C@@H]3C(NC(=O)C(=NOC(c4ccccc4)(c4ccccc4)c4ccccc4)c4csc(NC(c5ccccc5)(c5ccccc5)c5ccccc5)n4)C(=O)N3C2)cc1. The Labute approximate surface area is 463 Å². The van der Waals surface area contributed by atoms with Crippen molar-refractivity contribution in [3.05, 3.63) is 273 Å². The van der Waals surface area contributed by atoms with E-state index in [1.54, 1.807) is 47.1 Å². The minimum absolute atomic E-state index is 0.0102. The number of β-lactam (4-membered cyclic amide) rings is 1. The van der Waals surface area contributed by atoms with E-state index in [1.165, 1.54) is 34.6 Å².